The van der Waals surface area contributed by atoms with E-state index in [0.717, 1.165) is 6.42 Å². The van der Waals surface area contributed by atoms with Crippen molar-refractivity contribution in [2.24, 2.45) is 5.92 Å². The Bertz CT molecular complexity index is 611. The molecule has 4 fully saturated rings. The number of hydrogen-bond donors (Lipinski definition) is 1. The molecule has 2 spiro atoms. The maximum atomic E-state index is 11.8. The van der Waals surface area contributed by atoms with Gasteiger partial charge in [0.2, 0.25) is 5.79 Å². The minimum Gasteiger partial charge on any atom is -0.426 e. The first-order valence-electron chi connectivity index (χ1n) is 7.32. The third-order valence-corrected chi connectivity index (χ3v) is 6.41. The first kappa shape index (κ1) is 11.7. The average Bonchev–Trinajstić information content (AvgIpc) is 3.17. The second-order valence-corrected chi connectivity index (χ2v) is 7.32. The molecule has 2 aliphatic carbocycles. The lowest BCUT2D eigenvalue weighted by Crippen LogP contribution is -2.40. The highest BCUT2D eigenvalue weighted by atomic mass is 16.7. The van der Waals surface area contributed by atoms with E-state index >= 15 is 0 Å². The standard InChI is InChI=1S/C15H18O5/c1-7-4-13(17)9(8(2)11(16)19-13)5-14-12(3,20-14)6-10-15(7,14)18-10/h7,10,17H,4-6H2,1-3H3/t7?,10-,12+,13+,14+,15-/m1/s1. The number of aliphatic hydroxyl groups is 1. The van der Waals surface area contributed by atoms with E-state index < -0.39 is 11.8 Å². The summed E-state index contributed by atoms with van der Waals surface area (Å²) < 4.78 is 17.4. The molecule has 5 nitrogen and oxygen atoms in total. The Labute approximate surface area is 116 Å². The van der Waals surface area contributed by atoms with Crippen molar-refractivity contribution in [3.63, 3.8) is 0 Å². The van der Waals surface area contributed by atoms with Crippen molar-refractivity contribution in [3.8, 4) is 0 Å². The molecular weight excluding hydrogens is 260 g/mol. The van der Waals surface area contributed by atoms with Gasteiger partial charge in [-0.25, -0.2) is 4.79 Å². The number of esters is 1. The van der Waals surface area contributed by atoms with Gasteiger partial charge in [-0.05, 0) is 19.8 Å². The number of carbonyl (C=O) groups is 1. The van der Waals surface area contributed by atoms with Gasteiger partial charge >= 0.3 is 5.97 Å². The molecule has 0 aromatic carbocycles. The van der Waals surface area contributed by atoms with Gasteiger partial charge in [0.25, 0.3) is 0 Å². The summed E-state index contributed by atoms with van der Waals surface area (Å²) in [5, 5.41) is 10.8. The second kappa shape index (κ2) is 2.72. The molecule has 5 aliphatic rings. The van der Waals surface area contributed by atoms with Crippen LogP contribution in [-0.2, 0) is 19.0 Å². The normalized spacial score (nSPS) is 62.1. The number of ether oxygens (including phenoxy) is 3. The van der Waals surface area contributed by atoms with Crippen LogP contribution in [0.3, 0.4) is 0 Å². The molecule has 5 rings (SSSR count). The van der Waals surface area contributed by atoms with Gasteiger partial charge in [0, 0.05) is 30.4 Å². The average molecular weight is 278 g/mol. The van der Waals surface area contributed by atoms with Gasteiger partial charge in [-0.2, -0.15) is 0 Å². The summed E-state index contributed by atoms with van der Waals surface area (Å²) in [6, 6.07) is 0. The summed E-state index contributed by atoms with van der Waals surface area (Å²) in [5.41, 5.74) is 0.397. The molecule has 6 atom stereocenters. The van der Waals surface area contributed by atoms with Crippen LogP contribution in [0.1, 0.15) is 40.0 Å². The lowest BCUT2D eigenvalue weighted by Gasteiger charge is -2.26. The van der Waals surface area contributed by atoms with E-state index in [-0.39, 0.29) is 28.8 Å². The van der Waals surface area contributed by atoms with Crippen molar-refractivity contribution >= 4 is 5.97 Å². The largest absolute Gasteiger partial charge is 0.426 e. The minimum atomic E-state index is -1.46. The van der Waals surface area contributed by atoms with Crippen molar-refractivity contribution in [2.45, 2.75) is 68.7 Å². The van der Waals surface area contributed by atoms with E-state index in [2.05, 4.69) is 13.8 Å². The Morgan fingerprint density at radius 1 is 1.35 bits per heavy atom. The maximum Gasteiger partial charge on any atom is 0.336 e. The first-order valence-corrected chi connectivity index (χ1v) is 7.32. The molecule has 0 bridgehead atoms. The monoisotopic (exact) mass is 278 g/mol. The fourth-order valence-electron chi connectivity index (χ4n) is 5.31. The van der Waals surface area contributed by atoms with Crippen molar-refractivity contribution in [1.29, 1.82) is 0 Å². The first-order chi connectivity index (χ1) is 9.28. The van der Waals surface area contributed by atoms with Gasteiger partial charge in [-0.3, -0.25) is 0 Å². The van der Waals surface area contributed by atoms with Crippen LogP contribution >= 0.6 is 0 Å². The van der Waals surface area contributed by atoms with E-state index in [4.69, 9.17) is 14.2 Å². The van der Waals surface area contributed by atoms with Gasteiger partial charge in [0.1, 0.15) is 16.8 Å². The Hall–Kier alpha value is -0.910. The molecule has 108 valence electrons. The van der Waals surface area contributed by atoms with Crippen LogP contribution in [0.4, 0.5) is 0 Å². The number of fused-ring (bicyclic) bond motifs is 1. The fourth-order valence-corrected chi connectivity index (χ4v) is 5.31. The molecule has 5 heteroatoms. The fraction of sp³-hybridized carbons (Fsp3) is 0.800. The topological polar surface area (TPSA) is 71.6 Å². The van der Waals surface area contributed by atoms with E-state index in [1.807, 2.05) is 0 Å². The number of carbonyl (C=O) groups excluding carboxylic acids is 1. The number of hydrogen-bond acceptors (Lipinski definition) is 5. The molecule has 20 heavy (non-hydrogen) atoms. The molecule has 0 aromatic heterocycles. The Morgan fingerprint density at radius 2 is 2.10 bits per heavy atom. The maximum absolute atomic E-state index is 11.8. The van der Waals surface area contributed by atoms with Crippen LogP contribution in [0.5, 0.6) is 0 Å². The zero-order chi connectivity index (χ0) is 14.1. The summed E-state index contributed by atoms with van der Waals surface area (Å²) >= 11 is 0. The summed E-state index contributed by atoms with van der Waals surface area (Å²) in [7, 11) is 0. The van der Waals surface area contributed by atoms with E-state index in [9.17, 15) is 9.90 Å². The van der Waals surface area contributed by atoms with Gasteiger partial charge in [0.15, 0.2) is 0 Å². The predicted octanol–water partition coefficient (Wildman–Crippen LogP) is 1.05. The van der Waals surface area contributed by atoms with Crippen LogP contribution in [0.25, 0.3) is 0 Å². The Kier molecular flexibility index (Phi) is 1.59. The molecule has 0 aromatic rings. The molecule has 3 aliphatic heterocycles. The van der Waals surface area contributed by atoms with Crippen molar-refractivity contribution in [2.75, 3.05) is 0 Å². The molecule has 1 N–H and O–H groups in total. The van der Waals surface area contributed by atoms with Crippen molar-refractivity contribution < 1.29 is 24.1 Å². The third kappa shape index (κ3) is 0.901. The zero-order valence-electron chi connectivity index (χ0n) is 11.9. The third-order valence-electron chi connectivity index (χ3n) is 6.41. The summed E-state index contributed by atoms with van der Waals surface area (Å²) in [6.07, 6.45) is 2.08. The number of rotatable bonds is 0. The SMILES string of the molecule is CC1=C2C[C@]34O[C@@]3(C)C[C@H]3O[C@]34C(C)C[C@]2(O)OC1=O. The van der Waals surface area contributed by atoms with Crippen LogP contribution in [0.15, 0.2) is 11.1 Å². The molecule has 0 radical (unpaired) electrons. The minimum absolute atomic E-state index is 0.0954. The smallest absolute Gasteiger partial charge is 0.336 e. The highest BCUT2D eigenvalue weighted by molar-refractivity contribution is 5.92. The van der Waals surface area contributed by atoms with E-state index in [1.54, 1.807) is 6.92 Å². The van der Waals surface area contributed by atoms with E-state index in [0.29, 0.717) is 24.0 Å². The molecule has 0 amide bonds. The van der Waals surface area contributed by atoms with Crippen LogP contribution in [0, 0.1) is 5.92 Å². The summed E-state index contributed by atoms with van der Waals surface area (Å²) in [5.74, 6) is -1.77. The summed E-state index contributed by atoms with van der Waals surface area (Å²) in [6.45, 7) is 5.92. The molecule has 1 unspecified atom stereocenters. The predicted molar refractivity (Wildman–Crippen MR) is 66.6 cm³/mol. The van der Waals surface area contributed by atoms with Gasteiger partial charge in [-0.1, -0.05) is 6.92 Å². The van der Waals surface area contributed by atoms with Crippen molar-refractivity contribution in [3.05, 3.63) is 11.1 Å². The van der Waals surface area contributed by atoms with Gasteiger partial charge < -0.3 is 19.3 Å². The second-order valence-electron chi connectivity index (χ2n) is 7.32. The Balaban J connectivity index is 1.70. The van der Waals surface area contributed by atoms with E-state index in [1.165, 1.54) is 0 Å². The van der Waals surface area contributed by atoms with Crippen LogP contribution < -0.4 is 0 Å². The quantitative estimate of drug-likeness (QED) is 0.529. The zero-order valence-corrected chi connectivity index (χ0v) is 11.9. The lowest BCUT2D eigenvalue weighted by molar-refractivity contribution is -0.186. The van der Waals surface area contributed by atoms with Gasteiger partial charge in [0.05, 0.1) is 6.10 Å². The van der Waals surface area contributed by atoms with Crippen LogP contribution in [0.2, 0.25) is 0 Å². The van der Waals surface area contributed by atoms with Crippen LogP contribution in [-0.4, -0.2) is 39.8 Å². The molecule has 2 saturated carbocycles. The van der Waals surface area contributed by atoms with Gasteiger partial charge in [-0.15, -0.1) is 0 Å². The highest BCUT2D eigenvalue weighted by Gasteiger charge is 2.93. The lowest BCUT2D eigenvalue weighted by atomic mass is 9.78. The molecule has 3 heterocycles. The summed E-state index contributed by atoms with van der Waals surface area (Å²) in [4.78, 5) is 11.8. The molecule has 2 saturated heterocycles. The number of epoxide rings is 2. The Morgan fingerprint density at radius 3 is 2.85 bits per heavy atom. The van der Waals surface area contributed by atoms with Crippen molar-refractivity contribution in [1.82, 2.24) is 0 Å². The highest BCUT2D eigenvalue weighted by Crippen LogP contribution is 2.79. The molecular formula is C15H18O5.